The topological polar surface area (TPSA) is 71.3 Å². The van der Waals surface area contributed by atoms with Crippen molar-refractivity contribution in [3.8, 4) is 11.4 Å². The van der Waals surface area contributed by atoms with Gasteiger partial charge in [0.2, 0.25) is 5.91 Å². The molecule has 182 valence electrons. The number of rotatable bonds is 7. The van der Waals surface area contributed by atoms with Gasteiger partial charge in [-0.15, -0.1) is 10.2 Å². The molecule has 0 atom stereocenters. The number of nitrogens with zero attached hydrogens (tertiary/aromatic N) is 5. The molecule has 10 heteroatoms. The zero-order chi connectivity index (χ0) is 24.5. The first-order valence-electron chi connectivity index (χ1n) is 11.6. The molecule has 7 nitrogen and oxygen atoms in total. The molecule has 2 heterocycles. The minimum Gasteiger partial charge on any atom is -0.366 e. The molecule has 1 saturated carbocycles. The Labute approximate surface area is 206 Å². The molecule has 2 aliphatic rings. The highest BCUT2D eigenvalue weighted by molar-refractivity contribution is 7.99. The summed E-state index contributed by atoms with van der Waals surface area (Å²) in [6.45, 7) is 3.36. The van der Waals surface area contributed by atoms with Crippen molar-refractivity contribution in [1.82, 2.24) is 19.7 Å². The molecule has 0 unspecified atom stereocenters. The van der Waals surface area contributed by atoms with E-state index in [-0.39, 0.29) is 29.3 Å². The number of hydrogen-bond donors (Lipinski definition) is 0. The maximum Gasteiger partial charge on any atom is 0.233 e. The molecule has 1 aromatic heterocycles. The van der Waals surface area contributed by atoms with Gasteiger partial charge in [0.25, 0.3) is 0 Å². The first-order valence-corrected chi connectivity index (χ1v) is 12.6. The first-order chi connectivity index (χ1) is 16.9. The van der Waals surface area contributed by atoms with E-state index in [1.165, 1.54) is 30.8 Å². The molecule has 1 amide bonds. The van der Waals surface area contributed by atoms with Crippen LogP contribution in [-0.4, -0.2) is 63.3 Å². The summed E-state index contributed by atoms with van der Waals surface area (Å²) in [7, 11) is 0. The molecule has 1 saturated heterocycles. The summed E-state index contributed by atoms with van der Waals surface area (Å²) in [4.78, 5) is 28.0. The van der Waals surface area contributed by atoms with Crippen molar-refractivity contribution in [2.45, 2.75) is 31.0 Å². The molecule has 0 spiro atoms. The van der Waals surface area contributed by atoms with Crippen LogP contribution in [0.2, 0.25) is 0 Å². The monoisotopic (exact) mass is 497 g/mol. The van der Waals surface area contributed by atoms with E-state index < -0.39 is 5.82 Å². The number of aromatic nitrogens is 3. The number of benzene rings is 2. The van der Waals surface area contributed by atoms with Gasteiger partial charge in [0.1, 0.15) is 11.6 Å². The quantitative estimate of drug-likeness (QED) is 0.360. The van der Waals surface area contributed by atoms with E-state index in [2.05, 4.69) is 10.2 Å². The van der Waals surface area contributed by atoms with Crippen LogP contribution in [0.3, 0.4) is 0 Å². The van der Waals surface area contributed by atoms with E-state index in [1.807, 2.05) is 9.47 Å². The van der Waals surface area contributed by atoms with Gasteiger partial charge in [-0.25, -0.2) is 8.78 Å². The number of hydrogen-bond acceptors (Lipinski definition) is 6. The van der Waals surface area contributed by atoms with Crippen molar-refractivity contribution >= 4 is 29.1 Å². The highest BCUT2D eigenvalue weighted by atomic mass is 32.2. The summed E-state index contributed by atoms with van der Waals surface area (Å²) in [5, 5.41) is 9.11. The second-order valence-electron chi connectivity index (χ2n) is 8.77. The summed E-state index contributed by atoms with van der Waals surface area (Å²) in [5.74, 6) is -0.296. The van der Waals surface area contributed by atoms with Crippen LogP contribution in [0.4, 0.5) is 14.5 Å². The smallest absolute Gasteiger partial charge is 0.233 e. The predicted molar refractivity (Wildman–Crippen MR) is 130 cm³/mol. The molecule has 2 aromatic carbocycles. The molecule has 1 aliphatic heterocycles. The minimum absolute atomic E-state index is 0.0279. The largest absolute Gasteiger partial charge is 0.366 e. The zero-order valence-electron chi connectivity index (χ0n) is 19.3. The van der Waals surface area contributed by atoms with Gasteiger partial charge in [-0.2, -0.15) is 0 Å². The Hall–Kier alpha value is -3.27. The summed E-state index contributed by atoms with van der Waals surface area (Å²) >= 11 is 1.31. The second-order valence-corrected chi connectivity index (χ2v) is 9.71. The third-order valence-corrected chi connectivity index (χ3v) is 7.27. The molecule has 3 aromatic rings. The van der Waals surface area contributed by atoms with Gasteiger partial charge < -0.3 is 9.80 Å². The average molecular weight is 498 g/mol. The SMILES string of the molecule is CC(=O)c1ccc(N2CCN(C(=O)CSc3nnc(-c4ccccc4F)n3C3CC3)CC2)c(F)c1. The molecule has 0 N–H and O–H groups in total. The van der Waals surface area contributed by atoms with Gasteiger partial charge in [-0.3, -0.25) is 14.2 Å². The normalized spacial score (nSPS) is 16.0. The van der Waals surface area contributed by atoms with Gasteiger partial charge in [0, 0.05) is 37.8 Å². The van der Waals surface area contributed by atoms with Crippen LogP contribution in [-0.2, 0) is 4.79 Å². The maximum absolute atomic E-state index is 14.5. The summed E-state index contributed by atoms with van der Waals surface area (Å²) in [6, 6.07) is 11.2. The molecule has 5 rings (SSSR count). The van der Waals surface area contributed by atoms with E-state index in [4.69, 9.17) is 0 Å². The lowest BCUT2D eigenvalue weighted by Gasteiger charge is -2.36. The predicted octanol–water partition coefficient (Wildman–Crippen LogP) is 4.20. The van der Waals surface area contributed by atoms with E-state index in [0.29, 0.717) is 54.0 Å². The van der Waals surface area contributed by atoms with Crippen molar-refractivity contribution in [3.63, 3.8) is 0 Å². The first kappa shape index (κ1) is 23.5. The van der Waals surface area contributed by atoms with E-state index >= 15 is 0 Å². The van der Waals surface area contributed by atoms with Crippen LogP contribution in [0.1, 0.15) is 36.2 Å². The second kappa shape index (κ2) is 9.77. The van der Waals surface area contributed by atoms with E-state index in [0.717, 1.165) is 12.8 Å². The highest BCUT2D eigenvalue weighted by Crippen LogP contribution is 2.41. The van der Waals surface area contributed by atoms with Crippen LogP contribution in [0.15, 0.2) is 47.6 Å². The summed E-state index contributed by atoms with van der Waals surface area (Å²) in [6.07, 6.45) is 1.96. The Kier molecular flexibility index (Phi) is 6.55. The molecule has 0 bridgehead atoms. The van der Waals surface area contributed by atoms with Crippen LogP contribution in [0.5, 0.6) is 0 Å². The van der Waals surface area contributed by atoms with Crippen LogP contribution in [0.25, 0.3) is 11.4 Å². The van der Waals surface area contributed by atoms with Crippen molar-refractivity contribution in [1.29, 1.82) is 0 Å². The highest BCUT2D eigenvalue weighted by Gasteiger charge is 2.31. The number of halogens is 2. The molecular formula is C25H25F2N5O2S. The Bertz CT molecular complexity index is 1270. The number of ketones is 1. The third-order valence-electron chi connectivity index (χ3n) is 6.34. The number of amides is 1. The molecule has 35 heavy (non-hydrogen) atoms. The van der Waals surface area contributed by atoms with E-state index in [1.54, 1.807) is 35.2 Å². The lowest BCUT2D eigenvalue weighted by molar-refractivity contribution is -0.128. The fraction of sp³-hybridized carbons (Fsp3) is 0.360. The zero-order valence-corrected chi connectivity index (χ0v) is 20.1. The Balaban J connectivity index is 1.21. The van der Waals surface area contributed by atoms with Crippen LogP contribution in [0, 0.1) is 11.6 Å². The standard InChI is InChI=1S/C25H25F2N5O2S/c1-16(33)17-6-9-22(21(27)14-17)30-10-12-31(13-11-30)23(34)15-35-25-29-28-24(32(25)18-7-8-18)19-4-2-3-5-20(19)26/h2-6,9,14,18H,7-8,10-13,15H2,1H3. The maximum atomic E-state index is 14.5. The van der Waals surface area contributed by atoms with Crippen molar-refractivity contribution < 1.29 is 18.4 Å². The lowest BCUT2D eigenvalue weighted by atomic mass is 10.1. The Morgan fingerprint density at radius 1 is 1.00 bits per heavy atom. The van der Waals surface area contributed by atoms with Gasteiger partial charge >= 0.3 is 0 Å². The molecule has 1 aliphatic carbocycles. The van der Waals surface area contributed by atoms with Crippen molar-refractivity contribution in [3.05, 3.63) is 59.7 Å². The van der Waals surface area contributed by atoms with Crippen molar-refractivity contribution in [2.75, 3.05) is 36.8 Å². The van der Waals surface area contributed by atoms with Gasteiger partial charge in [0.15, 0.2) is 16.8 Å². The van der Waals surface area contributed by atoms with E-state index in [9.17, 15) is 18.4 Å². The number of carbonyl (C=O) groups is 2. The number of piperazine rings is 1. The van der Waals surface area contributed by atoms with Crippen molar-refractivity contribution in [2.24, 2.45) is 0 Å². The average Bonchev–Trinajstić information content (AvgIpc) is 3.62. The number of anilines is 1. The molecule has 2 fully saturated rings. The lowest BCUT2D eigenvalue weighted by Crippen LogP contribution is -2.49. The fourth-order valence-electron chi connectivity index (χ4n) is 4.26. The number of thioether (sulfide) groups is 1. The van der Waals surface area contributed by atoms with Gasteiger partial charge in [-0.05, 0) is 50.1 Å². The number of carbonyl (C=O) groups excluding carboxylic acids is 2. The Morgan fingerprint density at radius 3 is 2.40 bits per heavy atom. The third kappa shape index (κ3) is 4.93. The minimum atomic E-state index is -0.432. The molecular weight excluding hydrogens is 472 g/mol. The van der Waals surface area contributed by atoms with Gasteiger partial charge in [-0.1, -0.05) is 23.9 Å². The summed E-state index contributed by atoms with van der Waals surface area (Å²) < 4.78 is 30.8. The summed E-state index contributed by atoms with van der Waals surface area (Å²) in [5.41, 5.74) is 1.19. The molecule has 0 radical (unpaired) electrons. The van der Waals surface area contributed by atoms with Crippen LogP contribution < -0.4 is 4.90 Å². The fourth-order valence-corrected chi connectivity index (χ4v) is 5.17. The van der Waals surface area contributed by atoms with Crippen LogP contribution >= 0.6 is 11.8 Å². The Morgan fingerprint density at radius 2 is 1.74 bits per heavy atom. The number of Topliss-reactive ketones (excluding diaryl/α,β-unsaturated/α-hetero) is 1. The van der Waals surface area contributed by atoms with Gasteiger partial charge in [0.05, 0.1) is 17.0 Å².